The zero-order valence-corrected chi connectivity index (χ0v) is 14.6. The van der Waals surface area contributed by atoms with Crippen molar-refractivity contribution >= 4 is 44.4 Å². The minimum Gasteiger partial charge on any atom is -0.484 e. The number of carbonyl (C=O) groups excluding carboxylic acids is 1. The number of benzene rings is 2. The average Bonchev–Trinajstić information content (AvgIpc) is 2.47. The SMILES string of the molecule is O=C(COc1ccc(I)cc1)NCc1cc(F)ccc1Br. The third-order valence-corrected chi connectivity index (χ3v) is 4.16. The van der Waals surface area contributed by atoms with E-state index in [-0.39, 0.29) is 24.9 Å². The second-order valence-corrected chi connectivity index (χ2v) is 6.36. The van der Waals surface area contributed by atoms with Crippen LogP contribution in [0.4, 0.5) is 4.39 Å². The van der Waals surface area contributed by atoms with E-state index in [2.05, 4.69) is 43.8 Å². The van der Waals surface area contributed by atoms with E-state index in [4.69, 9.17) is 4.74 Å². The molecular formula is C15H12BrFINO2. The van der Waals surface area contributed by atoms with E-state index >= 15 is 0 Å². The first-order chi connectivity index (χ1) is 10.0. The van der Waals surface area contributed by atoms with Crippen LogP contribution in [0, 0.1) is 9.39 Å². The fourth-order valence-corrected chi connectivity index (χ4v) is 2.35. The van der Waals surface area contributed by atoms with Crippen LogP contribution in [0.5, 0.6) is 5.75 Å². The number of hydrogen-bond acceptors (Lipinski definition) is 2. The summed E-state index contributed by atoms with van der Waals surface area (Å²) in [6.45, 7) is 0.167. The summed E-state index contributed by atoms with van der Waals surface area (Å²) >= 11 is 5.51. The molecule has 21 heavy (non-hydrogen) atoms. The molecule has 0 saturated heterocycles. The minimum atomic E-state index is -0.336. The second kappa shape index (κ2) is 7.74. The van der Waals surface area contributed by atoms with Crippen molar-refractivity contribution in [3.63, 3.8) is 0 Å². The first-order valence-electron chi connectivity index (χ1n) is 6.13. The highest BCUT2D eigenvalue weighted by Gasteiger charge is 2.06. The van der Waals surface area contributed by atoms with Crippen molar-refractivity contribution in [1.82, 2.24) is 5.32 Å². The van der Waals surface area contributed by atoms with Crippen LogP contribution in [0.3, 0.4) is 0 Å². The van der Waals surface area contributed by atoms with E-state index in [1.54, 1.807) is 18.2 Å². The molecule has 0 saturated carbocycles. The van der Waals surface area contributed by atoms with Crippen LogP contribution >= 0.6 is 38.5 Å². The first-order valence-corrected chi connectivity index (χ1v) is 8.01. The maximum atomic E-state index is 13.1. The highest BCUT2D eigenvalue weighted by molar-refractivity contribution is 14.1. The standard InChI is InChI=1S/C15H12BrFINO2/c16-14-6-1-11(17)7-10(14)8-19-15(20)9-21-13-4-2-12(18)3-5-13/h1-7H,8-9H2,(H,19,20). The Morgan fingerprint density at radius 1 is 1.24 bits per heavy atom. The van der Waals surface area contributed by atoms with Gasteiger partial charge in [-0.3, -0.25) is 4.79 Å². The molecule has 0 aliphatic rings. The van der Waals surface area contributed by atoms with Crippen LogP contribution in [0.2, 0.25) is 0 Å². The molecule has 3 nitrogen and oxygen atoms in total. The lowest BCUT2D eigenvalue weighted by Crippen LogP contribution is -2.28. The number of nitrogens with one attached hydrogen (secondary N) is 1. The van der Waals surface area contributed by atoms with Crippen molar-refractivity contribution in [3.8, 4) is 5.75 Å². The number of amides is 1. The summed E-state index contributed by atoms with van der Waals surface area (Å²) in [6, 6.07) is 11.8. The van der Waals surface area contributed by atoms with Crippen molar-refractivity contribution in [2.24, 2.45) is 0 Å². The zero-order valence-electron chi connectivity index (χ0n) is 10.9. The lowest BCUT2D eigenvalue weighted by Gasteiger charge is -2.09. The monoisotopic (exact) mass is 463 g/mol. The van der Waals surface area contributed by atoms with Crippen molar-refractivity contribution in [2.75, 3.05) is 6.61 Å². The van der Waals surface area contributed by atoms with E-state index in [0.717, 1.165) is 8.04 Å². The molecule has 0 unspecified atom stereocenters. The summed E-state index contributed by atoms with van der Waals surface area (Å²) in [5, 5.41) is 2.69. The van der Waals surface area contributed by atoms with Crippen molar-refractivity contribution in [3.05, 3.63) is 61.9 Å². The summed E-state index contributed by atoms with van der Waals surface area (Å²) in [4.78, 5) is 11.7. The van der Waals surface area contributed by atoms with Gasteiger partial charge in [0, 0.05) is 14.6 Å². The molecule has 1 amide bonds. The molecule has 0 heterocycles. The molecule has 0 spiro atoms. The highest BCUT2D eigenvalue weighted by atomic mass is 127. The quantitative estimate of drug-likeness (QED) is 0.683. The Labute approximate surface area is 144 Å². The van der Waals surface area contributed by atoms with E-state index in [0.29, 0.717) is 11.3 Å². The minimum absolute atomic E-state index is 0.0759. The summed E-state index contributed by atoms with van der Waals surface area (Å²) in [6.07, 6.45) is 0. The van der Waals surface area contributed by atoms with Gasteiger partial charge in [-0.1, -0.05) is 15.9 Å². The normalized spacial score (nSPS) is 10.2. The average molecular weight is 464 g/mol. The van der Waals surface area contributed by atoms with Gasteiger partial charge in [-0.15, -0.1) is 0 Å². The Bertz CT molecular complexity index is 634. The molecule has 2 aromatic carbocycles. The largest absolute Gasteiger partial charge is 0.484 e. The van der Waals surface area contributed by atoms with Gasteiger partial charge in [0.15, 0.2) is 6.61 Å². The number of hydrogen-bond donors (Lipinski definition) is 1. The van der Waals surface area contributed by atoms with Crippen LogP contribution in [-0.4, -0.2) is 12.5 Å². The van der Waals surface area contributed by atoms with Crippen LogP contribution < -0.4 is 10.1 Å². The molecule has 110 valence electrons. The van der Waals surface area contributed by atoms with Crippen LogP contribution in [0.25, 0.3) is 0 Å². The molecule has 6 heteroatoms. The molecular weight excluding hydrogens is 452 g/mol. The van der Waals surface area contributed by atoms with E-state index in [9.17, 15) is 9.18 Å². The number of rotatable bonds is 5. The van der Waals surface area contributed by atoms with E-state index < -0.39 is 0 Å². The van der Waals surface area contributed by atoms with Gasteiger partial charge in [0.1, 0.15) is 11.6 Å². The third kappa shape index (κ3) is 5.28. The Hall–Kier alpha value is -1.15. The fourth-order valence-electron chi connectivity index (χ4n) is 1.60. The fraction of sp³-hybridized carbons (Fsp3) is 0.133. The van der Waals surface area contributed by atoms with Gasteiger partial charge in [-0.2, -0.15) is 0 Å². The van der Waals surface area contributed by atoms with Gasteiger partial charge in [0.25, 0.3) is 5.91 Å². The highest BCUT2D eigenvalue weighted by Crippen LogP contribution is 2.17. The third-order valence-electron chi connectivity index (χ3n) is 2.67. The van der Waals surface area contributed by atoms with Crippen LogP contribution in [-0.2, 0) is 11.3 Å². The molecule has 0 fully saturated rings. The summed E-state index contributed by atoms with van der Waals surface area (Å²) in [5.74, 6) is 0.0415. The van der Waals surface area contributed by atoms with Crippen molar-refractivity contribution < 1.29 is 13.9 Å². The van der Waals surface area contributed by atoms with E-state index in [1.165, 1.54) is 12.1 Å². The molecule has 2 rings (SSSR count). The van der Waals surface area contributed by atoms with Gasteiger partial charge in [0.05, 0.1) is 0 Å². The summed E-state index contributed by atoms with van der Waals surface area (Å²) in [7, 11) is 0. The summed E-state index contributed by atoms with van der Waals surface area (Å²) < 4.78 is 20.3. The maximum absolute atomic E-state index is 13.1. The molecule has 0 atom stereocenters. The molecule has 2 aromatic rings. The van der Waals surface area contributed by atoms with Crippen LogP contribution in [0.15, 0.2) is 46.9 Å². The molecule has 0 radical (unpaired) electrons. The smallest absolute Gasteiger partial charge is 0.258 e. The second-order valence-electron chi connectivity index (χ2n) is 4.26. The lowest BCUT2D eigenvalue weighted by atomic mass is 10.2. The zero-order chi connectivity index (χ0) is 15.2. The summed E-state index contributed by atoms with van der Waals surface area (Å²) in [5.41, 5.74) is 0.678. The molecule has 0 bridgehead atoms. The Kier molecular flexibility index (Phi) is 5.98. The topological polar surface area (TPSA) is 38.3 Å². The van der Waals surface area contributed by atoms with E-state index in [1.807, 2.05) is 12.1 Å². The number of ether oxygens (including phenoxy) is 1. The van der Waals surface area contributed by atoms with Gasteiger partial charge < -0.3 is 10.1 Å². The molecule has 1 N–H and O–H groups in total. The Morgan fingerprint density at radius 2 is 1.95 bits per heavy atom. The predicted octanol–water partition coefficient (Wildman–Crippen LogP) is 3.89. The Morgan fingerprint density at radius 3 is 2.67 bits per heavy atom. The molecule has 0 aromatic heterocycles. The number of carbonyl (C=O) groups is 1. The molecule has 0 aliphatic carbocycles. The molecule has 0 aliphatic heterocycles. The van der Waals surface area contributed by atoms with Crippen molar-refractivity contribution in [1.29, 1.82) is 0 Å². The van der Waals surface area contributed by atoms with Gasteiger partial charge in [-0.25, -0.2) is 4.39 Å². The van der Waals surface area contributed by atoms with Crippen LogP contribution in [0.1, 0.15) is 5.56 Å². The number of halogens is 3. The predicted molar refractivity (Wildman–Crippen MR) is 90.6 cm³/mol. The maximum Gasteiger partial charge on any atom is 0.258 e. The van der Waals surface area contributed by atoms with Gasteiger partial charge in [0.2, 0.25) is 0 Å². The lowest BCUT2D eigenvalue weighted by molar-refractivity contribution is -0.123. The Balaban J connectivity index is 1.82. The first kappa shape index (κ1) is 16.2. The van der Waals surface area contributed by atoms with Gasteiger partial charge >= 0.3 is 0 Å². The van der Waals surface area contributed by atoms with Crippen molar-refractivity contribution in [2.45, 2.75) is 6.54 Å². The van der Waals surface area contributed by atoms with Gasteiger partial charge in [-0.05, 0) is 70.6 Å².